The Labute approximate surface area is 206 Å². The first-order valence-corrected chi connectivity index (χ1v) is 12.3. The number of nitrogens with one attached hydrogen (secondary N) is 1. The van der Waals surface area contributed by atoms with Crippen molar-refractivity contribution < 1.29 is 4.79 Å². The van der Waals surface area contributed by atoms with Gasteiger partial charge in [-0.15, -0.1) is 10.2 Å². The first-order chi connectivity index (χ1) is 16.7. The topological polar surface area (TPSA) is 92.1 Å². The highest BCUT2D eigenvalue weighted by atomic mass is 16.2. The summed E-state index contributed by atoms with van der Waals surface area (Å²) in [6.45, 7) is 10.6. The van der Waals surface area contributed by atoms with Crippen LogP contribution in [0.4, 0.5) is 11.6 Å². The number of rotatable bonds is 6. The van der Waals surface area contributed by atoms with Crippen LogP contribution in [0.1, 0.15) is 68.0 Å². The molecule has 2 aliphatic heterocycles. The number of hydrogen-bond donors (Lipinski definition) is 1. The Hall–Kier alpha value is -3.33. The lowest BCUT2D eigenvalue weighted by Gasteiger charge is -2.29. The molecular formula is C26H34N8O. The molecule has 5 heterocycles. The summed E-state index contributed by atoms with van der Waals surface area (Å²) in [5.74, 6) is 3.13. The van der Waals surface area contributed by atoms with E-state index in [1.165, 1.54) is 0 Å². The molecule has 0 radical (unpaired) electrons. The Morgan fingerprint density at radius 3 is 2.74 bits per heavy atom. The second-order valence-corrected chi connectivity index (χ2v) is 10.4. The zero-order valence-electron chi connectivity index (χ0n) is 21.5. The van der Waals surface area contributed by atoms with Gasteiger partial charge in [0.25, 0.3) is 5.91 Å². The molecule has 0 aliphatic carbocycles. The predicted octanol–water partition coefficient (Wildman–Crippen LogP) is 3.53. The van der Waals surface area contributed by atoms with E-state index in [1.54, 1.807) is 4.90 Å². The third kappa shape index (κ3) is 3.97. The highest BCUT2D eigenvalue weighted by Crippen LogP contribution is 2.36. The van der Waals surface area contributed by atoms with Gasteiger partial charge in [-0.1, -0.05) is 19.9 Å². The van der Waals surface area contributed by atoms with Crippen molar-refractivity contribution in [2.45, 2.75) is 71.6 Å². The summed E-state index contributed by atoms with van der Waals surface area (Å²) < 4.78 is 2.18. The zero-order valence-corrected chi connectivity index (χ0v) is 21.5. The lowest BCUT2D eigenvalue weighted by atomic mass is 9.84. The van der Waals surface area contributed by atoms with Crippen molar-refractivity contribution in [3.8, 4) is 11.5 Å². The Bertz CT molecular complexity index is 1280. The van der Waals surface area contributed by atoms with Crippen molar-refractivity contribution in [1.82, 2.24) is 30.0 Å². The van der Waals surface area contributed by atoms with Crippen molar-refractivity contribution in [3.05, 3.63) is 46.9 Å². The van der Waals surface area contributed by atoms with E-state index in [1.807, 2.05) is 38.4 Å². The molecule has 184 valence electrons. The molecule has 35 heavy (non-hydrogen) atoms. The van der Waals surface area contributed by atoms with Crippen LogP contribution >= 0.6 is 0 Å². The van der Waals surface area contributed by atoms with E-state index in [2.05, 4.69) is 52.7 Å². The standard InChI is InChI=1S/C26H34N8O/c1-16(2)32(6)22-13-17-18(20(29-22)14-27-5)15-34(24(17)35)21-10-7-9-19(28-21)23-30-31-25-26(3,4)11-8-12-33(23)25/h7,9-10,13,16,27H,8,11-12,14-15H2,1-6H3. The summed E-state index contributed by atoms with van der Waals surface area (Å²) >= 11 is 0. The largest absolute Gasteiger partial charge is 0.357 e. The number of aromatic nitrogens is 5. The van der Waals surface area contributed by atoms with Crippen LogP contribution in [0.2, 0.25) is 0 Å². The molecule has 0 fully saturated rings. The van der Waals surface area contributed by atoms with Crippen molar-refractivity contribution in [1.29, 1.82) is 0 Å². The minimum absolute atomic E-state index is 0.00869. The third-order valence-corrected chi connectivity index (χ3v) is 7.25. The van der Waals surface area contributed by atoms with Gasteiger partial charge in [0.1, 0.15) is 23.2 Å². The molecule has 5 rings (SSSR count). The van der Waals surface area contributed by atoms with Gasteiger partial charge in [-0.2, -0.15) is 0 Å². The second-order valence-electron chi connectivity index (χ2n) is 10.4. The molecule has 1 amide bonds. The average Bonchev–Trinajstić information content (AvgIpc) is 3.41. The Morgan fingerprint density at radius 1 is 1.20 bits per heavy atom. The number of carbonyl (C=O) groups is 1. The number of fused-ring (bicyclic) bond motifs is 2. The van der Waals surface area contributed by atoms with E-state index in [4.69, 9.17) is 9.97 Å². The summed E-state index contributed by atoms with van der Waals surface area (Å²) in [6.07, 6.45) is 2.18. The first kappa shape index (κ1) is 23.4. The predicted molar refractivity (Wildman–Crippen MR) is 137 cm³/mol. The first-order valence-electron chi connectivity index (χ1n) is 12.3. The Kier molecular flexibility index (Phi) is 5.83. The fourth-order valence-electron chi connectivity index (χ4n) is 4.99. The van der Waals surface area contributed by atoms with Crippen molar-refractivity contribution in [3.63, 3.8) is 0 Å². The van der Waals surface area contributed by atoms with Gasteiger partial charge in [0.05, 0.1) is 17.8 Å². The molecular weight excluding hydrogens is 440 g/mol. The molecule has 3 aromatic heterocycles. The van der Waals surface area contributed by atoms with Crippen LogP contribution < -0.4 is 15.1 Å². The number of carbonyl (C=O) groups excluding carboxylic acids is 1. The normalized spacial score (nSPS) is 16.5. The lowest BCUT2D eigenvalue weighted by Crippen LogP contribution is -2.28. The van der Waals surface area contributed by atoms with Gasteiger partial charge in [-0.05, 0) is 51.9 Å². The van der Waals surface area contributed by atoms with E-state index in [0.717, 1.165) is 53.8 Å². The van der Waals surface area contributed by atoms with Crippen molar-refractivity contribution in [2.24, 2.45) is 0 Å². The monoisotopic (exact) mass is 474 g/mol. The molecule has 0 unspecified atom stereocenters. The lowest BCUT2D eigenvalue weighted by molar-refractivity contribution is 0.0996. The smallest absolute Gasteiger partial charge is 0.260 e. The summed E-state index contributed by atoms with van der Waals surface area (Å²) in [5, 5.41) is 12.2. The van der Waals surface area contributed by atoms with Gasteiger partial charge in [0.2, 0.25) is 0 Å². The summed E-state index contributed by atoms with van der Waals surface area (Å²) in [6, 6.07) is 7.95. The van der Waals surface area contributed by atoms with Gasteiger partial charge >= 0.3 is 0 Å². The molecule has 0 saturated carbocycles. The van der Waals surface area contributed by atoms with E-state index in [-0.39, 0.29) is 17.4 Å². The highest BCUT2D eigenvalue weighted by Gasteiger charge is 2.35. The van der Waals surface area contributed by atoms with Crippen LogP contribution in [0.25, 0.3) is 11.5 Å². The molecule has 2 aliphatic rings. The molecule has 3 aromatic rings. The van der Waals surface area contributed by atoms with Crippen LogP contribution in [-0.2, 0) is 25.0 Å². The molecule has 9 nitrogen and oxygen atoms in total. The summed E-state index contributed by atoms with van der Waals surface area (Å²) in [5.41, 5.74) is 3.27. The number of amides is 1. The van der Waals surface area contributed by atoms with Crippen LogP contribution in [0, 0.1) is 0 Å². The fourth-order valence-corrected chi connectivity index (χ4v) is 4.99. The van der Waals surface area contributed by atoms with Crippen molar-refractivity contribution in [2.75, 3.05) is 23.9 Å². The number of pyridine rings is 2. The molecule has 0 saturated heterocycles. The average molecular weight is 475 g/mol. The zero-order chi connectivity index (χ0) is 24.9. The van der Waals surface area contributed by atoms with Gasteiger partial charge in [0, 0.05) is 37.2 Å². The number of anilines is 2. The minimum atomic E-state index is -0.0489. The SMILES string of the molecule is CNCc1nc(N(C)C(C)C)cc2c1CN(c1cccc(-c3nnc4n3CCCC4(C)C)n1)C2=O. The van der Waals surface area contributed by atoms with E-state index >= 15 is 0 Å². The van der Waals surface area contributed by atoms with Gasteiger partial charge in [-0.25, -0.2) is 9.97 Å². The van der Waals surface area contributed by atoms with Crippen LogP contribution in [-0.4, -0.2) is 50.8 Å². The molecule has 0 atom stereocenters. The van der Waals surface area contributed by atoms with Gasteiger partial charge < -0.3 is 14.8 Å². The highest BCUT2D eigenvalue weighted by molar-refractivity contribution is 6.10. The van der Waals surface area contributed by atoms with Crippen LogP contribution in [0.15, 0.2) is 24.3 Å². The minimum Gasteiger partial charge on any atom is -0.357 e. The second kappa shape index (κ2) is 8.71. The summed E-state index contributed by atoms with van der Waals surface area (Å²) in [7, 11) is 3.90. The Morgan fingerprint density at radius 2 is 2.00 bits per heavy atom. The molecule has 0 bridgehead atoms. The molecule has 0 spiro atoms. The molecule has 0 aromatic carbocycles. The molecule has 1 N–H and O–H groups in total. The summed E-state index contributed by atoms with van der Waals surface area (Å²) in [4.78, 5) is 27.2. The fraction of sp³-hybridized carbons (Fsp3) is 0.500. The number of hydrogen-bond acceptors (Lipinski definition) is 7. The van der Waals surface area contributed by atoms with Gasteiger partial charge in [-0.3, -0.25) is 9.69 Å². The van der Waals surface area contributed by atoms with Crippen LogP contribution in [0.3, 0.4) is 0 Å². The quantitative estimate of drug-likeness (QED) is 0.584. The van der Waals surface area contributed by atoms with Crippen molar-refractivity contribution >= 4 is 17.5 Å². The van der Waals surface area contributed by atoms with E-state index in [9.17, 15) is 4.79 Å². The van der Waals surface area contributed by atoms with E-state index in [0.29, 0.717) is 24.5 Å². The maximum absolute atomic E-state index is 13.6. The maximum Gasteiger partial charge on any atom is 0.260 e. The number of nitrogens with zero attached hydrogens (tertiary/aromatic N) is 7. The van der Waals surface area contributed by atoms with Crippen LogP contribution in [0.5, 0.6) is 0 Å². The van der Waals surface area contributed by atoms with Gasteiger partial charge in [0.15, 0.2) is 5.82 Å². The third-order valence-electron chi connectivity index (χ3n) is 7.25. The Balaban J connectivity index is 1.51. The maximum atomic E-state index is 13.6. The molecule has 9 heteroatoms. The van der Waals surface area contributed by atoms with E-state index < -0.39 is 0 Å².